The summed E-state index contributed by atoms with van der Waals surface area (Å²) in [5, 5.41) is 13.6. The predicted octanol–water partition coefficient (Wildman–Crippen LogP) is -1.42. The number of nitrogens with zero attached hydrogens (tertiary/aromatic N) is 1. The molecule has 0 bridgehead atoms. The second kappa shape index (κ2) is 10.9. The highest BCUT2D eigenvalue weighted by Gasteiger charge is 2.20. The SMILES string of the molecule is CN(C)CCOCCNC(=O)N[C@H](CCC(N)=O)C(=O)O. The molecule has 0 aliphatic heterocycles. The van der Waals surface area contributed by atoms with Gasteiger partial charge >= 0.3 is 12.0 Å². The lowest BCUT2D eigenvalue weighted by atomic mass is 10.1. The Morgan fingerprint density at radius 2 is 1.95 bits per heavy atom. The lowest BCUT2D eigenvalue weighted by molar-refractivity contribution is -0.139. The summed E-state index contributed by atoms with van der Waals surface area (Å²) in [6.45, 7) is 1.93. The van der Waals surface area contributed by atoms with E-state index in [9.17, 15) is 14.4 Å². The van der Waals surface area contributed by atoms with Crippen LogP contribution in [0.2, 0.25) is 0 Å². The summed E-state index contributed by atoms with van der Waals surface area (Å²) >= 11 is 0. The third-order valence-corrected chi connectivity index (χ3v) is 2.50. The van der Waals surface area contributed by atoms with Crippen molar-refractivity contribution < 1.29 is 24.2 Å². The van der Waals surface area contributed by atoms with Gasteiger partial charge in [0.2, 0.25) is 5.91 Å². The molecule has 0 saturated heterocycles. The van der Waals surface area contributed by atoms with E-state index in [4.69, 9.17) is 15.6 Å². The second-order valence-electron chi connectivity index (χ2n) is 4.71. The van der Waals surface area contributed by atoms with Crippen molar-refractivity contribution in [1.82, 2.24) is 15.5 Å². The summed E-state index contributed by atoms with van der Waals surface area (Å²) in [6, 6.07) is -1.77. The first-order chi connectivity index (χ1) is 9.82. The Morgan fingerprint density at radius 1 is 1.29 bits per heavy atom. The van der Waals surface area contributed by atoms with Crippen LogP contribution in [0.5, 0.6) is 0 Å². The number of nitrogens with one attached hydrogen (secondary N) is 2. The van der Waals surface area contributed by atoms with Crippen LogP contribution >= 0.6 is 0 Å². The summed E-state index contributed by atoms with van der Waals surface area (Å²) in [5.41, 5.74) is 4.94. The normalized spacial score (nSPS) is 12.0. The van der Waals surface area contributed by atoms with Crippen molar-refractivity contribution in [1.29, 1.82) is 0 Å². The summed E-state index contributed by atoms with van der Waals surface area (Å²) in [6.07, 6.45) is -0.150. The van der Waals surface area contributed by atoms with E-state index in [1.807, 2.05) is 19.0 Å². The summed E-state index contributed by atoms with van der Waals surface area (Å²) in [5.74, 6) is -1.83. The molecule has 0 spiro atoms. The van der Waals surface area contributed by atoms with Crippen molar-refractivity contribution in [2.75, 3.05) is 40.4 Å². The molecule has 0 saturated carbocycles. The molecule has 0 rings (SSSR count). The number of aliphatic carboxylic acids is 1. The van der Waals surface area contributed by atoms with E-state index in [0.29, 0.717) is 13.2 Å². The van der Waals surface area contributed by atoms with Gasteiger partial charge in [-0.15, -0.1) is 0 Å². The number of ether oxygens (including phenoxy) is 1. The number of carboxylic acids is 1. The molecule has 0 aromatic rings. The zero-order valence-electron chi connectivity index (χ0n) is 12.4. The number of hydrogen-bond acceptors (Lipinski definition) is 5. The molecular formula is C12H24N4O5. The van der Waals surface area contributed by atoms with Crippen molar-refractivity contribution in [2.45, 2.75) is 18.9 Å². The average molecular weight is 304 g/mol. The van der Waals surface area contributed by atoms with Gasteiger partial charge in [0.15, 0.2) is 0 Å². The minimum absolute atomic E-state index is 0.0442. The number of urea groups is 1. The third kappa shape index (κ3) is 11.6. The van der Waals surface area contributed by atoms with Crippen LogP contribution in [0, 0.1) is 0 Å². The van der Waals surface area contributed by atoms with Crippen LogP contribution in [0.25, 0.3) is 0 Å². The molecule has 0 aliphatic carbocycles. The zero-order valence-corrected chi connectivity index (χ0v) is 12.4. The van der Waals surface area contributed by atoms with Gasteiger partial charge < -0.3 is 31.1 Å². The Balaban J connectivity index is 3.83. The lowest BCUT2D eigenvalue weighted by Gasteiger charge is -2.14. The quantitative estimate of drug-likeness (QED) is 0.346. The molecule has 3 amide bonds. The van der Waals surface area contributed by atoms with Gasteiger partial charge in [0, 0.05) is 19.5 Å². The van der Waals surface area contributed by atoms with Gasteiger partial charge in [-0.2, -0.15) is 0 Å². The Morgan fingerprint density at radius 3 is 2.48 bits per heavy atom. The number of carbonyl (C=O) groups is 3. The minimum Gasteiger partial charge on any atom is -0.480 e. The Bertz CT molecular complexity index is 349. The van der Waals surface area contributed by atoms with Gasteiger partial charge in [-0.3, -0.25) is 4.79 Å². The minimum atomic E-state index is -1.21. The van der Waals surface area contributed by atoms with Crippen LogP contribution in [0.1, 0.15) is 12.8 Å². The highest BCUT2D eigenvalue weighted by atomic mass is 16.5. The molecule has 5 N–H and O–H groups in total. The van der Waals surface area contributed by atoms with E-state index in [2.05, 4.69) is 10.6 Å². The van der Waals surface area contributed by atoms with Gasteiger partial charge in [0.25, 0.3) is 0 Å². The smallest absolute Gasteiger partial charge is 0.326 e. The van der Waals surface area contributed by atoms with Crippen LogP contribution in [0.3, 0.4) is 0 Å². The summed E-state index contributed by atoms with van der Waals surface area (Å²) < 4.78 is 5.26. The standard InChI is InChI=1S/C12H24N4O5/c1-16(2)6-8-21-7-5-14-12(20)15-9(11(18)19)3-4-10(13)17/h9H,3-8H2,1-2H3,(H2,13,17)(H,18,19)(H2,14,15,20)/t9-/m1/s1. The van der Waals surface area contributed by atoms with Crippen molar-refractivity contribution in [3.8, 4) is 0 Å². The molecule has 21 heavy (non-hydrogen) atoms. The number of carbonyl (C=O) groups excluding carboxylic acids is 2. The molecule has 9 nitrogen and oxygen atoms in total. The van der Waals surface area contributed by atoms with Gasteiger partial charge in [-0.05, 0) is 20.5 Å². The fourth-order valence-corrected chi connectivity index (χ4v) is 1.34. The molecular weight excluding hydrogens is 280 g/mol. The average Bonchev–Trinajstić information content (AvgIpc) is 2.37. The maximum atomic E-state index is 11.5. The second-order valence-corrected chi connectivity index (χ2v) is 4.71. The van der Waals surface area contributed by atoms with Gasteiger partial charge in [0.05, 0.1) is 13.2 Å². The first-order valence-corrected chi connectivity index (χ1v) is 6.61. The monoisotopic (exact) mass is 304 g/mol. The molecule has 9 heteroatoms. The maximum absolute atomic E-state index is 11.5. The topological polar surface area (TPSA) is 134 Å². The van der Waals surface area contributed by atoms with Gasteiger partial charge in [-0.1, -0.05) is 0 Å². The zero-order chi connectivity index (χ0) is 16.3. The van der Waals surface area contributed by atoms with Crippen LogP contribution in [0.4, 0.5) is 4.79 Å². The van der Waals surface area contributed by atoms with Crippen LogP contribution in [-0.4, -0.2) is 74.4 Å². The fourth-order valence-electron chi connectivity index (χ4n) is 1.34. The van der Waals surface area contributed by atoms with Crippen LogP contribution in [-0.2, 0) is 14.3 Å². The number of hydrogen-bond donors (Lipinski definition) is 4. The first-order valence-electron chi connectivity index (χ1n) is 6.61. The molecule has 0 fully saturated rings. The Labute approximate surface area is 123 Å². The number of amides is 3. The van der Waals surface area contributed by atoms with Crippen molar-refractivity contribution in [3.05, 3.63) is 0 Å². The molecule has 0 unspecified atom stereocenters. The number of likely N-dealkylation sites (N-methyl/N-ethyl adjacent to an activating group) is 1. The maximum Gasteiger partial charge on any atom is 0.326 e. The summed E-state index contributed by atoms with van der Waals surface area (Å²) in [4.78, 5) is 35.0. The number of carboxylic acid groups (broad SMARTS) is 1. The Kier molecular flexibility index (Phi) is 9.90. The number of primary amides is 1. The highest BCUT2D eigenvalue weighted by molar-refractivity contribution is 5.83. The molecule has 1 atom stereocenters. The van der Waals surface area contributed by atoms with E-state index in [1.165, 1.54) is 0 Å². The summed E-state index contributed by atoms with van der Waals surface area (Å²) in [7, 11) is 3.85. The van der Waals surface area contributed by atoms with Crippen molar-refractivity contribution in [2.24, 2.45) is 5.73 Å². The molecule has 0 aromatic heterocycles. The van der Waals surface area contributed by atoms with Crippen molar-refractivity contribution in [3.63, 3.8) is 0 Å². The molecule has 0 aromatic carbocycles. The molecule has 122 valence electrons. The van der Waals surface area contributed by atoms with E-state index < -0.39 is 23.9 Å². The molecule has 0 radical (unpaired) electrons. The van der Waals surface area contributed by atoms with E-state index in [-0.39, 0.29) is 19.4 Å². The van der Waals surface area contributed by atoms with Crippen molar-refractivity contribution >= 4 is 17.9 Å². The van der Waals surface area contributed by atoms with Gasteiger partial charge in [-0.25, -0.2) is 9.59 Å². The molecule has 0 aliphatic rings. The first kappa shape index (κ1) is 19.1. The highest BCUT2D eigenvalue weighted by Crippen LogP contribution is 1.97. The van der Waals surface area contributed by atoms with Gasteiger partial charge in [0.1, 0.15) is 6.04 Å². The van der Waals surface area contributed by atoms with E-state index in [1.54, 1.807) is 0 Å². The molecule has 0 heterocycles. The fraction of sp³-hybridized carbons (Fsp3) is 0.750. The number of rotatable bonds is 11. The number of nitrogens with two attached hydrogens (primary N) is 1. The third-order valence-electron chi connectivity index (χ3n) is 2.50. The Hall–Kier alpha value is -1.87. The largest absolute Gasteiger partial charge is 0.480 e. The predicted molar refractivity (Wildman–Crippen MR) is 75.8 cm³/mol. The van der Waals surface area contributed by atoms with E-state index in [0.717, 1.165) is 6.54 Å². The van der Waals surface area contributed by atoms with E-state index >= 15 is 0 Å². The van der Waals surface area contributed by atoms with Crippen LogP contribution in [0.15, 0.2) is 0 Å². The lowest BCUT2D eigenvalue weighted by Crippen LogP contribution is -2.47. The van der Waals surface area contributed by atoms with Crippen LogP contribution < -0.4 is 16.4 Å².